The summed E-state index contributed by atoms with van der Waals surface area (Å²) in [5.41, 5.74) is 0. The summed E-state index contributed by atoms with van der Waals surface area (Å²) in [7, 11) is 0. The Bertz CT molecular complexity index is 611. The molecule has 3 heterocycles. The van der Waals surface area contributed by atoms with Gasteiger partial charge in [-0.15, -0.1) is 21.5 Å². The molecule has 112 valence electrons. The third-order valence-electron chi connectivity index (χ3n) is 3.90. The van der Waals surface area contributed by atoms with Gasteiger partial charge in [-0.3, -0.25) is 9.69 Å². The van der Waals surface area contributed by atoms with E-state index in [9.17, 15) is 4.79 Å². The van der Waals surface area contributed by atoms with Crippen molar-refractivity contribution in [2.45, 2.75) is 32.4 Å². The predicted molar refractivity (Wildman–Crippen MR) is 77.8 cm³/mol. The van der Waals surface area contributed by atoms with Gasteiger partial charge >= 0.3 is 5.97 Å². The summed E-state index contributed by atoms with van der Waals surface area (Å²) in [4.78, 5) is 14.2. The maximum Gasteiger partial charge on any atom is 0.306 e. The van der Waals surface area contributed by atoms with Crippen LogP contribution in [-0.4, -0.2) is 38.8 Å². The van der Waals surface area contributed by atoms with E-state index >= 15 is 0 Å². The molecule has 7 heteroatoms. The first-order chi connectivity index (χ1) is 10.1. The van der Waals surface area contributed by atoms with Gasteiger partial charge in [-0.2, -0.15) is 0 Å². The first-order valence-electron chi connectivity index (χ1n) is 6.96. The van der Waals surface area contributed by atoms with Crippen molar-refractivity contribution in [2.75, 3.05) is 6.54 Å². The van der Waals surface area contributed by atoms with Crippen molar-refractivity contribution in [1.29, 1.82) is 0 Å². The molecule has 0 saturated carbocycles. The van der Waals surface area contributed by atoms with E-state index in [1.807, 2.05) is 24.4 Å². The van der Waals surface area contributed by atoms with Crippen LogP contribution >= 0.6 is 11.3 Å². The molecule has 1 aliphatic heterocycles. The monoisotopic (exact) mass is 307 g/mol. The molecule has 0 spiro atoms. The number of hydrogen-bond donors (Lipinski definition) is 1. The number of carbonyl (C=O) groups is 1. The average Bonchev–Trinajstić information content (AvgIpc) is 3.11. The molecule has 0 bridgehead atoms. The highest BCUT2D eigenvalue weighted by atomic mass is 32.1. The molecular weight excluding hydrogens is 290 g/mol. The van der Waals surface area contributed by atoms with Crippen molar-refractivity contribution in [3.63, 3.8) is 0 Å². The average molecular weight is 307 g/mol. The van der Waals surface area contributed by atoms with Crippen LogP contribution in [-0.2, 0) is 11.3 Å². The SMILES string of the molecule is CC1CC(C(=O)O)CCN1Cc1nnc(-c2cccs2)o1. The molecule has 6 nitrogen and oxygen atoms in total. The Morgan fingerprint density at radius 3 is 3.10 bits per heavy atom. The molecule has 0 amide bonds. The van der Waals surface area contributed by atoms with Gasteiger partial charge in [-0.1, -0.05) is 6.07 Å². The first-order valence-corrected chi connectivity index (χ1v) is 7.84. The van der Waals surface area contributed by atoms with Gasteiger partial charge in [0.05, 0.1) is 17.3 Å². The molecular formula is C14H17N3O3S. The smallest absolute Gasteiger partial charge is 0.306 e. The molecule has 0 aromatic carbocycles. The Balaban J connectivity index is 1.63. The van der Waals surface area contributed by atoms with Crippen LogP contribution in [0.1, 0.15) is 25.7 Å². The Labute approximate surface area is 126 Å². The Morgan fingerprint density at radius 1 is 1.57 bits per heavy atom. The van der Waals surface area contributed by atoms with Gasteiger partial charge in [-0.25, -0.2) is 0 Å². The van der Waals surface area contributed by atoms with E-state index in [4.69, 9.17) is 9.52 Å². The van der Waals surface area contributed by atoms with E-state index in [1.165, 1.54) is 0 Å². The zero-order chi connectivity index (χ0) is 14.8. The lowest BCUT2D eigenvalue weighted by Gasteiger charge is -2.35. The Kier molecular flexibility index (Phi) is 4.03. The van der Waals surface area contributed by atoms with Crippen molar-refractivity contribution in [1.82, 2.24) is 15.1 Å². The minimum atomic E-state index is -0.695. The summed E-state index contributed by atoms with van der Waals surface area (Å²) in [5.74, 6) is 0.201. The largest absolute Gasteiger partial charge is 0.481 e. The third-order valence-corrected chi connectivity index (χ3v) is 4.76. The van der Waals surface area contributed by atoms with Crippen LogP contribution in [0.15, 0.2) is 21.9 Å². The minimum Gasteiger partial charge on any atom is -0.481 e. The van der Waals surface area contributed by atoms with Crippen molar-refractivity contribution >= 4 is 17.3 Å². The molecule has 2 aromatic heterocycles. The van der Waals surface area contributed by atoms with Crippen molar-refractivity contribution in [2.24, 2.45) is 5.92 Å². The van der Waals surface area contributed by atoms with E-state index in [-0.39, 0.29) is 12.0 Å². The van der Waals surface area contributed by atoms with Crippen molar-refractivity contribution in [3.8, 4) is 10.8 Å². The fraction of sp³-hybridized carbons (Fsp3) is 0.500. The van der Waals surface area contributed by atoms with Crippen LogP contribution < -0.4 is 0 Å². The second-order valence-electron chi connectivity index (χ2n) is 5.36. The molecule has 2 unspecified atom stereocenters. The highest BCUT2D eigenvalue weighted by Crippen LogP contribution is 2.26. The maximum atomic E-state index is 11.0. The summed E-state index contributed by atoms with van der Waals surface area (Å²) < 4.78 is 5.68. The predicted octanol–water partition coefficient (Wildman–Crippen LogP) is 2.48. The van der Waals surface area contributed by atoms with Crippen LogP contribution in [0.2, 0.25) is 0 Å². The normalized spacial score (nSPS) is 23.3. The van der Waals surface area contributed by atoms with Gasteiger partial charge in [0.25, 0.3) is 5.89 Å². The number of piperidine rings is 1. The van der Waals surface area contributed by atoms with E-state index in [1.54, 1.807) is 11.3 Å². The Morgan fingerprint density at radius 2 is 2.43 bits per heavy atom. The number of hydrogen-bond acceptors (Lipinski definition) is 6. The molecule has 0 radical (unpaired) electrons. The minimum absolute atomic E-state index is 0.205. The summed E-state index contributed by atoms with van der Waals surface area (Å²) in [6, 6.07) is 4.10. The second kappa shape index (κ2) is 5.95. The van der Waals surface area contributed by atoms with Gasteiger partial charge in [0, 0.05) is 6.04 Å². The van der Waals surface area contributed by atoms with E-state index in [2.05, 4.69) is 15.1 Å². The molecule has 2 atom stereocenters. The van der Waals surface area contributed by atoms with Crippen LogP contribution in [0, 0.1) is 5.92 Å². The number of aliphatic carboxylic acids is 1. The van der Waals surface area contributed by atoms with Gasteiger partial charge in [0.2, 0.25) is 5.89 Å². The number of carboxylic acid groups (broad SMARTS) is 1. The summed E-state index contributed by atoms with van der Waals surface area (Å²) >= 11 is 1.56. The van der Waals surface area contributed by atoms with Gasteiger partial charge in [-0.05, 0) is 37.8 Å². The summed E-state index contributed by atoms with van der Waals surface area (Å²) in [6.07, 6.45) is 1.34. The molecule has 1 N–H and O–H groups in total. The van der Waals surface area contributed by atoms with Gasteiger partial charge in [0.1, 0.15) is 0 Å². The highest BCUT2D eigenvalue weighted by molar-refractivity contribution is 7.13. The number of rotatable bonds is 4. The quantitative estimate of drug-likeness (QED) is 0.935. The molecule has 21 heavy (non-hydrogen) atoms. The molecule has 0 aliphatic carbocycles. The molecule has 3 rings (SSSR count). The topological polar surface area (TPSA) is 79.5 Å². The van der Waals surface area contributed by atoms with E-state index in [0.717, 1.165) is 11.4 Å². The lowest BCUT2D eigenvalue weighted by atomic mass is 9.92. The maximum absolute atomic E-state index is 11.0. The first kappa shape index (κ1) is 14.2. The van der Waals surface area contributed by atoms with E-state index < -0.39 is 5.97 Å². The third kappa shape index (κ3) is 3.14. The van der Waals surface area contributed by atoms with Gasteiger partial charge in [0.15, 0.2) is 0 Å². The second-order valence-corrected chi connectivity index (χ2v) is 6.30. The van der Waals surface area contributed by atoms with Crippen LogP contribution in [0.4, 0.5) is 0 Å². The number of thiophene rings is 1. The fourth-order valence-corrected chi connectivity index (χ4v) is 3.32. The molecule has 1 saturated heterocycles. The molecule has 1 aliphatic rings. The molecule has 1 fully saturated rings. The number of nitrogens with zero attached hydrogens (tertiary/aromatic N) is 3. The van der Waals surface area contributed by atoms with Gasteiger partial charge < -0.3 is 9.52 Å². The fourth-order valence-electron chi connectivity index (χ4n) is 2.67. The van der Waals surface area contributed by atoms with Crippen molar-refractivity contribution in [3.05, 3.63) is 23.4 Å². The summed E-state index contributed by atoms with van der Waals surface area (Å²) in [5, 5.41) is 19.2. The number of likely N-dealkylation sites (tertiary alicyclic amines) is 1. The zero-order valence-corrected chi connectivity index (χ0v) is 12.5. The lowest BCUT2D eigenvalue weighted by molar-refractivity contribution is -0.144. The van der Waals surface area contributed by atoms with Crippen LogP contribution in [0.25, 0.3) is 10.8 Å². The summed E-state index contributed by atoms with van der Waals surface area (Å²) in [6.45, 7) is 3.37. The Hall–Kier alpha value is -1.73. The zero-order valence-electron chi connectivity index (χ0n) is 11.7. The van der Waals surface area contributed by atoms with Crippen LogP contribution in [0.3, 0.4) is 0 Å². The van der Waals surface area contributed by atoms with Crippen molar-refractivity contribution < 1.29 is 14.3 Å². The number of aromatic nitrogens is 2. The lowest BCUT2D eigenvalue weighted by Crippen LogP contribution is -2.42. The highest BCUT2D eigenvalue weighted by Gasteiger charge is 2.30. The standard InChI is InChI=1S/C14H17N3O3S/c1-9-7-10(14(18)19)4-5-17(9)8-12-15-16-13(20-12)11-3-2-6-21-11/h2-3,6,9-10H,4-5,7-8H2,1H3,(H,18,19). The van der Waals surface area contributed by atoms with E-state index in [0.29, 0.717) is 31.2 Å². The number of carboxylic acids is 1. The van der Waals surface area contributed by atoms with Crippen LogP contribution in [0.5, 0.6) is 0 Å². The molecule has 2 aromatic rings.